The van der Waals surface area contributed by atoms with Crippen molar-refractivity contribution in [1.29, 1.82) is 0 Å². The third kappa shape index (κ3) is 5.21. The van der Waals surface area contributed by atoms with E-state index in [-0.39, 0.29) is 18.1 Å². The molecule has 27 heavy (non-hydrogen) atoms. The highest BCUT2D eigenvalue weighted by molar-refractivity contribution is 7.80. The van der Waals surface area contributed by atoms with Gasteiger partial charge in [0.15, 0.2) is 5.11 Å². The second-order valence-corrected chi connectivity index (χ2v) is 8.79. The van der Waals surface area contributed by atoms with Gasteiger partial charge in [0.1, 0.15) is 5.00 Å². The molecule has 1 aliphatic heterocycles. The quantitative estimate of drug-likeness (QED) is 0.553. The van der Waals surface area contributed by atoms with Gasteiger partial charge in [-0.15, -0.1) is 11.3 Å². The fourth-order valence-corrected chi connectivity index (χ4v) is 5.50. The van der Waals surface area contributed by atoms with Crippen LogP contribution in [0, 0.1) is 0 Å². The number of thiophene rings is 1. The van der Waals surface area contributed by atoms with E-state index in [1.807, 2.05) is 6.92 Å². The molecule has 1 aromatic rings. The summed E-state index contributed by atoms with van der Waals surface area (Å²) in [5, 5.41) is 7.96. The molecule has 150 valence electrons. The average molecular weight is 411 g/mol. The van der Waals surface area contributed by atoms with Crippen LogP contribution < -0.4 is 10.6 Å². The van der Waals surface area contributed by atoms with Crippen molar-refractivity contribution in [2.45, 2.75) is 77.4 Å². The smallest absolute Gasteiger partial charge is 0.341 e. The summed E-state index contributed by atoms with van der Waals surface area (Å²) >= 11 is 7.19. The van der Waals surface area contributed by atoms with Gasteiger partial charge >= 0.3 is 5.97 Å². The van der Waals surface area contributed by atoms with E-state index in [0.717, 1.165) is 49.3 Å². The number of carbonyl (C=O) groups is 1. The zero-order valence-electron chi connectivity index (χ0n) is 16.3. The van der Waals surface area contributed by atoms with Crippen LogP contribution >= 0.6 is 23.6 Å². The molecule has 1 aliphatic carbocycles. The first kappa shape index (κ1) is 20.6. The summed E-state index contributed by atoms with van der Waals surface area (Å²) in [5.74, 6) is -0.243. The normalized spacial score (nSPS) is 20.9. The fraction of sp³-hybridized carbons (Fsp3) is 0.700. The minimum absolute atomic E-state index is 0.138. The molecule has 2 unspecified atom stereocenters. The lowest BCUT2D eigenvalue weighted by Crippen LogP contribution is -2.42. The van der Waals surface area contributed by atoms with Crippen LogP contribution in [0.25, 0.3) is 0 Å². The van der Waals surface area contributed by atoms with Gasteiger partial charge in [-0.1, -0.05) is 12.8 Å². The van der Waals surface area contributed by atoms with E-state index < -0.39 is 0 Å². The molecule has 0 amide bonds. The van der Waals surface area contributed by atoms with Crippen molar-refractivity contribution in [2.75, 3.05) is 18.5 Å². The Balaban J connectivity index is 1.77. The van der Waals surface area contributed by atoms with Crippen LogP contribution in [-0.4, -0.2) is 36.4 Å². The lowest BCUT2D eigenvalue weighted by atomic mass is 9.96. The predicted octanol–water partition coefficient (Wildman–Crippen LogP) is 4.44. The van der Waals surface area contributed by atoms with E-state index >= 15 is 0 Å². The number of nitrogens with one attached hydrogen (secondary N) is 2. The fourth-order valence-electron chi connectivity index (χ4n) is 3.86. The van der Waals surface area contributed by atoms with Crippen molar-refractivity contribution in [2.24, 2.45) is 0 Å². The Kier molecular flexibility index (Phi) is 7.49. The van der Waals surface area contributed by atoms with Gasteiger partial charge in [-0.25, -0.2) is 4.79 Å². The van der Waals surface area contributed by atoms with Crippen LogP contribution in [0.4, 0.5) is 5.00 Å². The summed E-state index contributed by atoms with van der Waals surface area (Å²) in [6.45, 7) is 5.13. The number of rotatable bonds is 5. The van der Waals surface area contributed by atoms with Crippen molar-refractivity contribution in [1.82, 2.24) is 5.32 Å². The molecular weight excluding hydrogens is 380 g/mol. The minimum atomic E-state index is -0.243. The van der Waals surface area contributed by atoms with E-state index in [1.165, 1.54) is 24.1 Å². The number of fused-ring (bicyclic) bond motifs is 1. The highest BCUT2D eigenvalue weighted by Gasteiger charge is 2.27. The zero-order valence-corrected chi connectivity index (χ0v) is 17.9. The van der Waals surface area contributed by atoms with Gasteiger partial charge in [-0.05, 0) is 70.2 Å². The maximum Gasteiger partial charge on any atom is 0.341 e. The molecule has 5 nitrogen and oxygen atoms in total. The summed E-state index contributed by atoms with van der Waals surface area (Å²) in [6.07, 6.45) is 9.08. The number of hydrogen-bond donors (Lipinski definition) is 2. The van der Waals surface area contributed by atoms with Crippen molar-refractivity contribution in [3.63, 3.8) is 0 Å². The van der Waals surface area contributed by atoms with Crippen LogP contribution in [-0.2, 0) is 22.3 Å². The van der Waals surface area contributed by atoms with E-state index in [1.54, 1.807) is 11.3 Å². The second kappa shape index (κ2) is 9.85. The Morgan fingerprint density at radius 1 is 1.30 bits per heavy atom. The van der Waals surface area contributed by atoms with E-state index in [4.69, 9.17) is 21.7 Å². The molecule has 0 saturated carbocycles. The Morgan fingerprint density at radius 2 is 2.07 bits per heavy atom. The maximum atomic E-state index is 12.7. The first-order valence-electron chi connectivity index (χ1n) is 10.1. The molecule has 1 saturated heterocycles. The molecule has 2 atom stereocenters. The van der Waals surface area contributed by atoms with Crippen LogP contribution in [0.2, 0.25) is 0 Å². The maximum absolute atomic E-state index is 12.7. The van der Waals surface area contributed by atoms with Gasteiger partial charge in [0.2, 0.25) is 0 Å². The summed E-state index contributed by atoms with van der Waals surface area (Å²) in [6, 6.07) is 0.138. The molecule has 7 heteroatoms. The first-order chi connectivity index (χ1) is 13.1. The predicted molar refractivity (Wildman–Crippen MR) is 114 cm³/mol. The van der Waals surface area contributed by atoms with Crippen LogP contribution in [0.5, 0.6) is 0 Å². The lowest BCUT2D eigenvalue weighted by molar-refractivity contribution is 0.0526. The lowest BCUT2D eigenvalue weighted by Gasteiger charge is -2.22. The van der Waals surface area contributed by atoms with Crippen molar-refractivity contribution < 1.29 is 14.3 Å². The van der Waals surface area contributed by atoms with E-state index in [9.17, 15) is 4.79 Å². The number of ether oxygens (including phenoxy) is 2. The molecule has 0 radical (unpaired) electrons. The molecular formula is C20H30N2O3S2. The Bertz CT molecular complexity index is 668. The summed E-state index contributed by atoms with van der Waals surface area (Å²) in [5.41, 5.74) is 1.85. The molecule has 2 heterocycles. The third-order valence-electron chi connectivity index (χ3n) is 5.26. The minimum Gasteiger partial charge on any atom is -0.462 e. The number of carbonyl (C=O) groups excluding carboxylic acids is 1. The highest BCUT2D eigenvalue weighted by Crippen LogP contribution is 2.37. The Labute approximate surface area is 171 Å². The largest absolute Gasteiger partial charge is 0.462 e. The summed E-state index contributed by atoms with van der Waals surface area (Å²) in [4.78, 5) is 14.0. The monoisotopic (exact) mass is 410 g/mol. The Hall–Kier alpha value is -1.18. The Morgan fingerprint density at radius 3 is 2.78 bits per heavy atom. The van der Waals surface area contributed by atoms with Crippen LogP contribution in [0.15, 0.2) is 0 Å². The molecule has 0 aromatic carbocycles. The number of esters is 1. The topological polar surface area (TPSA) is 59.6 Å². The number of aryl methyl sites for hydroxylation is 1. The highest BCUT2D eigenvalue weighted by atomic mass is 32.1. The molecule has 1 aromatic heterocycles. The molecule has 2 aliphatic rings. The SMILES string of the molecule is CCOC(=O)c1c(NC(=S)NC(C)C2CCCO2)sc2c1CCCCCC2. The molecule has 0 bridgehead atoms. The van der Waals surface area contributed by atoms with Crippen molar-refractivity contribution in [3.8, 4) is 0 Å². The average Bonchev–Trinajstić information content (AvgIpc) is 3.24. The molecule has 1 fully saturated rings. The standard InChI is InChI=1S/C20H30N2O3S2/c1-3-24-19(23)17-14-9-6-4-5-7-11-16(14)27-18(17)22-20(26)21-13(2)15-10-8-12-25-15/h13,15H,3-12H2,1-2H3,(H2,21,22,26). The summed E-state index contributed by atoms with van der Waals surface area (Å²) < 4.78 is 11.1. The molecule has 2 N–H and O–H groups in total. The van der Waals surface area contributed by atoms with Gasteiger partial charge in [0.25, 0.3) is 0 Å². The number of anilines is 1. The van der Waals surface area contributed by atoms with Gasteiger partial charge in [-0.3, -0.25) is 0 Å². The van der Waals surface area contributed by atoms with Gasteiger partial charge in [-0.2, -0.15) is 0 Å². The summed E-state index contributed by atoms with van der Waals surface area (Å²) in [7, 11) is 0. The van der Waals surface area contributed by atoms with Gasteiger partial charge in [0.05, 0.1) is 24.3 Å². The van der Waals surface area contributed by atoms with Crippen LogP contribution in [0.3, 0.4) is 0 Å². The van der Waals surface area contributed by atoms with E-state index in [2.05, 4.69) is 17.6 Å². The third-order valence-corrected chi connectivity index (χ3v) is 6.69. The molecule has 3 rings (SSSR count). The first-order valence-corrected chi connectivity index (χ1v) is 11.3. The van der Waals surface area contributed by atoms with Crippen LogP contribution in [0.1, 0.15) is 73.2 Å². The zero-order chi connectivity index (χ0) is 19.2. The molecule has 0 spiro atoms. The van der Waals surface area contributed by atoms with Gasteiger partial charge in [0, 0.05) is 11.5 Å². The number of thiocarbonyl (C=S) groups is 1. The van der Waals surface area contributed by atoms with Crippen molar-refractivity contribution in [3.05, 3.63) is 16.0 Å². The van der Waals surface area contributed by atoms with Gasteiger partial charge < -0.3 is 20.1 Å². The van der Waals surface area contributed by atoms with Crippen molar-refractivity contribution >= 4 is 39.6 Å². The second-order valence-electron chi connectivity index (χ2n) is 7.28. The van der Waals surface area contributed by atoms with E-state index in [0.29, 0.717) is 17.3 Å². The number of hydrogen-bond acceptors (Lipinski definition) is 5.